The third-order valence-corrected chi connectivity index (χ3v) is 14.0. The minimum atomic E-state index is -2.01. The van der Waals surface area contributed by atoms with Gasteiger partial charge in [-0.1, -0.05) is 97.1 Å². The lowest BCUT2D eigenvalue weighted by atomic mass is 9.85. The predicted molar refractivity (Wildman–Crippen MR) is 252 cm³/mol. The van der Waals surface area contributed by atoms with E-state index in [0.717, 1.165) is 54.0 Å². The molecule has 2 aliphatic heterocycles. The highest BCUT2D eigenvalue weighted by atomic mass is 32.1. The van der Waals surface area contributed by atoms with E-state index in [-0.39, 0.29) is 41.8 Å². The monoisotopic (exact) mass is 888 g/mol. The normalized spacial score (nSPS) is 15.9. The van der Waals surface area contributed by atoms with Crippen LogP contribution < -0.4 is 10.9 Å². The number of phenols is 1. The van der Waals surface area contributed by atoms with Crippen molar-refractivity contribution < 1.29 is 29.6 Å². The number of likely N-dealkylation sites (tertiary alicyclic amines) is 1. The number of thiophene rings is 1. The van der Waals surface area contributed by atoms with Crippen LogP contribution in [0.2, 0.25) is 0 Å². The van der Waals surface area contributed by atoms with Crippen molar-refractivity contribution in [2.45, 2.75) is 50.6 Å². The molecule has 11 nitrogen and oxygen atoms in total. The zero-order valence-electron chi connectivity index (χ0n) is 36.0. The number of ether oxygens (including phenoxy) is 1. The zero-order valence-corrected chi connectivity index (χ0v) is 36.8. The number of carbonyl (C=O) groups excluding carboxylic acids is 2. The number of nitrogens with one attached hydrogen (secondary N) is 2. The molecule has 4 heterocycles. The van der Waals surface area contributed by atoms with Gasteiger partial charge in [-0.15, -0.1) is 11.3 Å². The number of nitrogens with zero attached hydrogens (tertiary/aromatic N) is 2. The molecule has 5 aromatic carbocycles. The fourth-order valence-electron chi connectivity index (χ4n) is 9.04. The van der Waals surface area contributed by atoms with Crippen LogP contribution >= 0.6 is 11.3 Å². The van der Waals surface area contributed by atoms with Crippen molar-refractivity contribution in [3.8, 4) is 16.2 Å². The number of fused-ring (bicyclic) bond motifs is 2. The molecular formula is C53H52N4O7S. The maximum Gasteiger partial charge on any atom is 0.347 e. The summed E-state index contributed by atoms with van der Waals surface area (Å²) in [4.78, 5) is 48.8. The molecule has 7 aromatic rings. The van der Waals surface area contributed by atoms with Crippen LogP contribution in [0.1, 0.15) is 67.6 Å². The SMILES string of the molecule is O=C(c1ccc(CNC[C@H](O)c2ccc(O)c3[nH]c(=O)ccc23)cc1)N1CCc2sc(-c3cccc([C@](O)(C(=O)OCC4CCN(Cc5ccccc5)CC4)c4ccccc4)c3)cc2C1. The van der Waals surface area contributed by atoms with E-state index in [4.69, 9.17) is 4.74 Å². The number of pyridine rings is 1. The predicted octanol–water partition coefficient (Wildman–Crippen LogP) is 7.68. The van der Waals surface area contributed by atoms with Crippen LogP contribution in [0.15, 0.2) is 144 Å². The van der Waals surface area contributed by atoms with Gasteiger partial charge in [-0.05, 0) is 108 Å². The number of amides is 1. The summed E-state index contributed by atoms with van der Waals surface area (Å²) in [5, 5.41) is 37.4. The summed E-state index contributed by atoms with van der Waals surface area (Å²) in [5.41, 5.74) is 4.18. The lowest BCUT2D eigenvalue weighted by molar-refractivity contribution is -0.164. The number of phenolic OH excluding ortho intramolecular Hbond substituents is 1. The standard InChI is InChI=1S/C53H52N4O7S/c58-45-20-18-43(44-19-21-49(60)55-50(44)45)46(59)31-54-30-35-14-16-38(17-15-35)51(61)57-27-24-47-40(33-57)29-48(65-47)39-10-7-13-42(28-39)53(63,41-11-5-2-6-12-41)52(62)64-34-37-22-25-56(26-23-37)32-36-8-3-1-4-9-36/h1-21,28-29,37,46,54,58-59,63H,22-27,30-34H2,(H,55,60)/t46-,53-/m0/s1. The van der Waals surface area contributed by atoms with E-state index in [1.807, 2.05) is 71.6 Å². The number of aromatic nitrogens is 1. The molecule has 1 fully saturated rings. The number of aliphatic hydroxyl groups excluding tert-OH is 1. The number of piperidine rings is 1. The number of aliphatic hydroxyl groups is 2. The van der Waals surface area contributed by atoms with Crippen LogP contribution in [0.4, 0.5) is 0 Å². The highest BCUT2D eigenvalue weighted by Gasteiger charge is 2.42. The highest BCUT2D eigenvalue weighted by Crippen LogP contribution is 2.39. The van der Waals surface area contributed by atoms with Gasteiger partial charge in [0.15, 0.2) is 0 Å². The Hall–Kier alpha value is -6.41. The van der Waals surface area contributed by atoms with Gasteiger partial charge in [0.25, 0.3) is 5.91 Å². The van der Waals surface area contributed by atoms with E-state index >= 15 is 0 Å². The summed E-state index contributed by atoms with van der Waals surface area (Å²) in [7, 11) is 0. The first-order valence-corrected chi connectivity index (χ1v) is 23.0. The number of hydrogen-bond donors (Lipinski definition) is 5. The third-order valence-electron chi connectivity index (χ3n) is 12.7. The number of carbonyl (C=O) groups is 2. The first kappa shape index (κ1) is 43.8. The molecule has 2 aliphatic rings. The summed E-state index contributed by atoms with van der Waals surface area (Å²) in [6.45, 7) is 4.75. The molecule has 0 aliphatic carbocycles. The van der Waals surface area contributed by atoms with Gasteiger partial charge in [-0.2, -0.15) is 0 Å². The largest absolute Gasteiger partial charge is 0.506 e. The van der Waals surface area contributed by atoms with Gasteiger partial charge >= 0.3 is 5.97 Å². The summed E-state index contributed by atoms with van der Waals surface area (Å²) < 4.78 is 5.99. The van der Waals surface area contributed by atoms with Crippen molar-refractivity contribution in [3.63, 3.8) is 0 Å². The van der Waals surface area contributed by atoms with Crippen molar-refractivity contribution >= 4 is 34.1 Å². The van der Waals surface area contributed by atoms with E-state index in [1.165, 1.54) is 22.6 Å². The lowest BCUT2D eigenvalue weighted by Gasteiger charge is -2.33. The van der Waals surface area contributed by atoms with Crippen LogP contribution in [0.5, 0.6) is 5.75 Å². The molecule has 0 radical (unpaired) electrons. The lowest BCUT2D eigenvalue weighted by Crippen LogP contribution is -2.40. The van der Waals surface area contributed by atoms with E-state index in [2.05, 4.69) is 45.5 Å². The quantitative estimate of drug-likeness (QED) is 0.0692. The molecule has 5 N–H and O–H groups in total. The Kier molecular flexibility index (Phi) is 13.1. The Morgan fingerprint density at radius 3 is 2.34 bits per heavy atom. The second kappa shape index (κ2) is 19.4. The highest BCUT2D eigenvalue weighted by molar-refractivity contribution is 7.15. The molecule has 0 spiro atoms. The molecule has 2 atom stereocenters. The van der Waals surface area contributed by atoms with Gasteiger partial charge in [-0.3, -0.25) is 14.5 Å². The van der Waals surface area contributed by atoms with Crippen LogP contribution in [-0.2, 0) is 41.2 Å². The molecule has 0 saturated carbocycles. The minimum Gasteiger partial charge on any atom is -0.506 e. The maximum atomic E-state index is 14.1. The minimum absolute atomic E-state index is 0.0539. The Morgan fingerprint density at radius 2 is 1.57 bits per heavy atom. The number of hydrogen-bond acceptors (Lipinski definition) is 10. The first-order valence-electron chi connectivity index (χ1n) is 22.2. The maximum absolute atomic E-state index is 14.1. The molecule has 1 saturated heterocycles. The first-order chi connectivity index (χ1) is 31.6. The number of aromatic hydroxyl groups is 1. The third kappa shape index (κ3) is 9.68. The fraction of sp³-hybridized carbons (Fsp3) is 0.264. The van der Waals surface area contributed by atoms with E-state index in [1.54, 1.807) is 41.7 Å². The Balaban J connectivity index is 0.820. The van der Waals surface area contributed by atoms with Crippen molar-refractivity contribution in [1.29, 1.82) is 0 Å². The molecule has 2 aromatic heterocycles. The average molecular weight is 889 g/mol. The Labute approximate surface area is 381 Å². The molecule has 9 rings (SSSR count). The molecular weight excluding hydrogens is 837 g/mol. The number of esters is 1. The van der Waals surface area contributed by atoms with Crippen LogP contribution in [0.3, 0.4) is 0 Å². The summed E-state index contributed by atoms with van der Waals surface area (Å²) in [5.74, 6) is -0.585. The average Bonchev–Trinajstić information content (AvgIpc) is 3.78. The van der Waals surface area contributed by atoms with E-state index in [9.17, 15) is 29.7 Å². The van der Waals surface area contributed by atoms with Gasteiger partial charge in [-0.25, -0.2) is 4.79 Å². The van der Waals surface area contributed by atoms with Crippen LogP contribution in [0, 0.1) is 5.92 Å². The molecule has 0 unspecified atom stereocenters. The van der Waals surface area contributed by atoms with Gasteiger partial charge in [0.1, 0.15) is 5.75 Å². The van der Waals surface area contributed by atoms with E-state index in [0.29, 0.717) is 53.7 Å². The number of rotatable bonds is 14. The second-order valence-electron chi connectivity index (χ2n) is 17.1. The summed E-state index contributed by atoms with van der Waals surface area (Å²) >= 11 is 1.67. The number of H-pyrrole nitrogens is 1. The second-order valence-corrected chi connectivity index (χ2v) is 18.3. The van der Waals surface area contributed by atoms with E-state index < -0.39 is 17.7 Å². The zero-order chi connectivity index (χ0) is 44.9. The van der Waals surface area contributed by atoms with Crippen LogP contribution in [0.25, 0.3) is 21.3 Å². The molecule has 332 valence electrons. The molecule has 0 bridgehead atoms. The van der Waals surface area contributed by atoms with Gasteiger partial charge in [0.05, 0.1) is 18.2 Å². The van der Waals surface area contributed by atoms with Crippen LogP contribution in [-0.4, -0.2) is 74.8 Å². The topological polar surface area (TPSA) is 155 Å². The van der Waals surface area contributed by atoms with Crippen molar-refractivity contribution in [2.75, 3.05) is 32.8 Å². The Morgan fingerprint density at radius 1 is 0.831 bits per heavy atom. The summed E-state index contributed by atoms with van der Waals surface area (Å²) in [6, 6.07) is 42.6. The van der Waals surface area contributed by atoms with Gasteiger partial charge in [0, 0.05) is 65.1 Å². The van der Waals surface area contributed by atoms with Gasteiger partial charge in [0.2, 0.25) is 11.2 Å². The fourth-order valence-corrected chi connectivity index (χ4v) is 10.2. The van der Waals surface area contributed by atoms with Crippen molar-refractivity contribution in [1.82, 2.24) is 20.1 Å². The number of aromatic amines is 1. The summed E-state index contributed by atoms with van der Waals surface area (Å²) in [6.07, 6.45) is 1.66. The number of benzene rings is 5. The Bertz CT molecular complexity index is 2840. The van der Waals surface area contributed by atoms with Crippen molar-refractivity contribution in [2.24, 2.45) is 5.92 Å². The smallest absolute Gasteiger partial charge is 0.347 e. The molecule has 12 heteroatoms. The molecule has 1 amide bonds. The molecule has 65 heavy (non-hydrogen) atoms. The van der Waals surface area contributed by atoms with Gasteiger partial charge < -0.3 is 35.3 Å². The van der Waals surface area contributed by atoms with Crippen molar-refractivity contribution in [3.05, 3.63) is 194 Å².